The van der Waals surface area contributed by atoms with Crippen LogP contribution in [0.15, 0.2) is 12.2 Å². The van der Waals surface area contributed by atoms with E-state index < -0.39 is 23.9 Å². The third kappa shape index (κ3) is 6.58. The van der Waals surface area contributed by atoms with Crippen LogP contribution in [0.5, 0.6) is 0 Å². The largest absolute Gasteiger partial charge is 0.480 e. The van der Waals surface area contributed by atoms with Gasteiger partial charge in [0.25, 0.3) is 0 Å². The fourth-order valence-electron chi connectivity index (χ4n) is 1.06. The molecule has 16 heavy (non-hydrogen) atoms. The summed E-state index contributed by atoms with van der Waals surface area (Å²) >= 11 is 0. The highest BCUT2D eigenvalue weighted by atomic mass is 16.4. The SMILES string of the molecule is CC(C)C[C@H](NC(=O)C=CC(=O)O)C(=O)O. The first-order valence-corrected chi connectivity index (χ1v) is 4.77. The molecule has 6 nitrogen and oxygen atoms in total. The summed E-state index contributed by atoms with van der Waals surface area (Å²) in [4.78, 5) is 32.0. The summed E-state index contributed by atoms with van der Waals surface area (Å²) in [7, 11) is 0. The van der Waals surface area contributed by atoms with Crippen LogP contribution in [0, 0.1) is 5.92 Å². The molecule has 0 bridgehead atoms. The molecule has 0 aliphatic carbocycles. The van der Waals surface area contributed by atoms with Crippen molar-refractivity contribution in [3.8, 4) is 0 Å². The Hall–Kier alpha value is -1.85. The zero-order valence-electron chi connectivity index (χ0n) is 9.14. The molecule has 0 spiro atoms. The third-order valence-electron chi connectivity index (χ3n) is 1.70. The summed E-state index contributed by atoms with van der Waals surface area (Å²) in [6, 6.07) is -0.994. The summed E-state index contributed by atoms with van der Waals surface area (Å²) in [6.45, 7) is 3.66. The van der Waals surface area contributed by atoms with Gasteiger partial charge < -0.3 is 15.5 Å². The van der Waals surface area contributed by atoms with Gasteiger partial charge in [-0.1, -0.05) is 13.8 Å². The normalized spacial score (nSPS) is 12.7. The Labute approximate surface area is 93.0 Å². The van der Waals surface area contributed by atoms with Crippen LogP contribution in [0.25, 0.3) is 0 Å². The smallest absolute Gasteiger partial charge is 0.328 e. The number of carboxylic acids is 2. The number of carboxylic acid groups (broad SMARTS) is 2. The summed E-state index contributed by atoms with van der Waals surface area (Å²) in [6.07, 6.45) is 1.74. The van der Waals surface area contributed by atoms with Gasteiger partial charge in [0.05, 0.1) is 0 Å². The van der Waals surface area contributed by atoms with Crippen molar-refractivity contribution in [1.82, 2.24) is 5.32 Å². The van der Waals surface area contributed by atoms with Gasteiger partial charge in [0, 0.05) is 12.2 Å². The summed E-state index contributed by atoms with van der Waals surface area (Å²) in [5, 5.41) is 19.3. The number of aliphatic carboxylic acids is 2. The number of rotatable bonds is 6. The van der Waals surface area contributed by atoms with Gasteiger partial charge in [-0.15, -0.1) is 0 Å². The zero-order chi connectivity index (χ0) is 12.7. The summed E-state index contributed by atoms with van der Waals surface area (Å²) in [5.41, 5.74) is 0. The zero-order valence-corrected chi connectivity index (χ0v) is 9.14. The molecule has 0 aromatic heterocycles. The molecule has 90 valence electrons. The van der Waals surface area contributed by atoms with E-state index in [1.807, 2.05) is 13.8 Å². The topological polar surface area (TPSA) is 104 Å². The van der Waals surface area contributed by atoms with Gasteiger partial charge in [-0.25, -0.2) is 9.59 Å². The van der Waals surface area contributed by atoms with Gasteiger partial charge in [0.15, 0.2) is 0 Å². The van der Waals surface area contributed by atoms with Crippen LogP contribution in [-0.4, -0.2) is 34.1 Å². The van der Waals surface area contributed by atoms with Crippen molar-refractivity contribution in [2.45, 2.75) is 26.3 Å². The molecule has 0 unspecified atom stereocenters. The average Bonchev–Trinajstić information content (AvgIpc) is 2.12. The van der Waals surface area contributed by atoms with E-state index >= 15 is 0 Å². The van der Waals surface area contributed by atoms with Gasteiger partial charge in [0.1, 0.15) is 6.04 Å². The minimum Gasteiger partial charge on any atom is -0.480 e. The van der Waals surface area contributed by atoms with Gasteiger partial charge in [-0.05, 0) is 12.3 Å². The van der Waals surface area contributed by atoms with Gasteiger partial charge in [-0.2, -0.15) is 0 Å². The lowest BCUT2D eigenvalue weighted by molar-refractivity contribution is -0.141. The molecule has 0 saturated carbocycles. The fourth-order valence-corrected chi connectivity index (χ4v) is 1.06. The van der Waals surface area contributed by atoms with E-state index in [1.54, 1.807) is 0 Å². The van der Waals surface area contributed by atoms with Crippen molar-refractivity contribution in [2.24, 2.45) is 5.92 Å². The number of carbonyl (C=O) groups is 3. The molecule has 0 aliphatic heterocycles. The second-order valence-electron chi connectivity index (χ2n) is 3.70. The highest BCUT2D eigenvalue weighted by Gasteiger charge is 2.19. The van der Waals surface area contributed by atoms with Crippen molar-refractivity contribution >= 4 is 17.8 Å². The lowest BCUT2D eigenvalue weighted by Crippen LogP contribution is -2.40. The molecule has 0 heterocycles. The van der Waals surface area contributed by atoms with Crippen molar-refractivity contribution < 1.29 is 24.6 Å². The van der Waals surface area contributed by atoms with Crippen LogP contribution in [0.4, 0.5) is 0 Å². The van der Waals surface area contributed by atoms with E-state index in [2.05, 4.69) is 5.32 Å². The Balaban J connectivity index is 4.35. The Morgan fingerprint density at radius 2 is 1.75 bits per heavy atom. The molecular formula is C10H15NO5. The Morgan fingerprint density at radius 1 is 1.19 bits per heavy atom. The quantitative estimate of drug-likeness (QED) is 0.566. The van der Waals surface area contributed by atoms with Crippen LogP contribution in [0.1, 0.15) is 20.3 Å². The van der Waals surface area contributed by atoms with E-state index in [4.69, 9.17) is 10.2 Å². The summed E-state index contributed by atoms with van der Waals surface area (Å²) in [5.74, 6) is -3.00. The number of nitrogens with one attached hydrogen (secondary N) is 1. The summed E-state index contributed by atoms with van der Waals surface area (Å²) < 4.78 is 0. The van der Waals surface area contributed by atoms with E-state index in [0.29, 0.717) is 12.5 Å². The maximum atomic E-state index is 11.1. The molecule has 0 aliphatic rings. The number of carbonyl (C=O) groups excluding carboxylic acids is 1. The van der Waals surface area contributed by atoms with E-state index in [0.717, 1.165) is 6.08 Å². The number of amides is 1. The molecule has 1 atom stereocenters. The molecule has 1 amide bonds. The molecule has 3 N–H and O–H groups in total. The van der Waals surface area contributed by atoms with Gasteiger partial charge in [-0.3, -0.25) is 4.79 Å². The molecule has 0 saturated heterocycles. The predicted octanol–water partition coefficient (Wildman–Crippen LogP) is 0.243. The Kier molecular flexibility index (Phi) is 5.84. The first-order chi connectivity index (χ1) is 7.32. The molecule has 0 aromatic carbocycles. The van der Waals surface area contributed by atoms with Gasteiger partial charge in [0.2, 0.25) is 5.91 Å². The molecule has 0 radical (unpaired) electrons. The molecule has 0 fully saturated rings. The average molecular weight is 229 g/mol. The molecule has 0 aromatic rings. The second-order valence-corrected chi connectivity index (χ2v) is 3.70. The maximum Gasteiger partial charge on any atom is 0.328 e. The number of hydrogen-bond acceptors (Lipinski definition) is 3. The van der Waals surface area contributed by atoms with Crippen LogP contribution in [0.3, 0.4) is 0 Å². The van der Waals surface area contributed by atoms with Crippen molar-refractivity contribution in [3.05, 3.63) is 12.2 Å². The van der Waals surface area contributed by atoms with Crippen LogP contribution < -0.4 is 5.32 Å². The molecule has 0 rings (SSSR count). The lowest BCUT2D eigenvalue weighted by atomic mass is 10.0. The predicted molar refractivity (Wildman–Crippen MR) is 55.8 cm³/mol. The van der Waals surface area contributed by atoms with Crippen LogP contribution in [0.2, 0.25) is 0 Å². The maximum absolute atomic E-state index is 11.1. The number of hydrogen-bond donors (Lipinski definition) is 3. The molecule has 6 heteroatoms. The Morgan fingerprint density at radius 3 is 2.12 bits per heavy atom. The van der Waals surface area contributed by atoms with Crippen molar-refractivity contribution in [1.29, 1.82) is 0 Å². The van der Waals surface area contributed by atoms with E-state index in [1.165, 1.54) is 0 Å². The van der Waals surface area contributed by atoms with Crippen molar-refractivity contribution in [2.75, 3.05) is 0 Å². The van der Waals surface area contributed by atoms with E-state index in [9.17, 15) is 14.4 Å². The van der Waals surface area contributed by atoms with Gasteiger partial charge >= 0.3 is 11.9 Å². The molecular weight excluding hydrogens is 214 g/mol. The Bertz CT molecular complexity index is 308. The fraction of sp³-hybridized carbons (Fsp3) is 0.500. The van der Waals surface area contributed by atoms with Crippen molar-refractivity contribution in [3.63, 3.8) is 0 Å². The van der Waals surface area contributed by atoms with Crippen LogP contribution in [-0.2, 0) is 14.4 Å². The highest BCUT2D eigenvalue weighted by Crippen LogP contribution is 2.04. The third-order valence-corrected chi connectivity index (χ3v) is 1.70. The standard InChI is InChI=1S/C10H15NO5/c1-6(2)5-7(10(15)16)11-8(12)3-4-9(13)14/h3-4,6-7H,5H2,1-2H3,(H,11,12)(H,13,14)(H,15,16)/t7-/m0/s1. The van der Waals surface area contributed by atoms with Crippen LogP contribution >= 0.6 is 0 Å². The minimum absolute atomic E-state index is 0.116. The monoisotopic (exact) mass is 229 g/mol. The highest BCUT2D eigenvalue weighted by molar-refractivity contribution is 5.95. The second kappa shape index (κ2) is 6.60. The lowest BCUT2D eigenvalue weighted by Gasteiger charge is -2.14. The van der Waals surface area contributed by atoms with E-state index in [-0.39, 0.29) is 5.92 Å². The first kappa shape index (κ1) is 14.2. The minimum atomic E-state index is -1.26. The first-order valence-electron chi connectivity index (χ1n) is 4.77.